The molecule has 0 aliphatic carbocycles. The van der Waals surface area contributed by atoms with Crippen molar-refractivity contribution in [1.82, 2.24) is 14.8 Å². The fourth-order valence-electron chi connectivity index (χ4n) is 3.13. The van der Waals surface area contributed by atoms with Crippen molar-refractivity contribution in [3.8, 4) is 22.7 Å². The minimum atomic E-state index is -0.350. The summed E-state index contributed by atoms with van der Waals surface area (Å²) in [6.45, 7) is 3.76. The van der Waals surface area contributed by atoms with E-state index in [1.165, 1.54) is 11.3 Å². The van der Waals surface area contributed by atoms with Crippen molar-refractivity contribution in [2.75, 3.05) is 12.4 Å². The molecule has 0 aliphatic rings. The number of ether oxygens (including phenoxy) is 1. The van der Waals surface area contributed by atoms with Crippen LogP contribution in [0, 0.1) is 13.8 Å². The molecule has 0 saturated carbocycles. The van der Waals surface area contributed by atoms with Gasteiger partial charge in [0.05, 0.1) is 24.2 Å². The molecule has 0 saturated heterocycles. The van der Waals surface area contributed by atoms with Gasteiger partial charge in [-0.1, -0.05) is 41.4 Å². The number of nitrogens with one attached hydrogen (secondary N) is 1. The van der Waals surface area contributed by atoms with Gasteiger partial charge in [0.2, 0.25) is 0 Å². The number of anilines is 1. The second kappa shape index (κ2) is 8.30. The molecule has 6 nitrogen and oxygen atoms in total. The van der Waals surface area contributed by atoms with Gasteiger partial charge in [0.15, 0.2) is 5.13 Å². The average molecular weight is 439 g/mol. The standard InChI is InChI=1S/C22H19ClN4O2S/c1-13-9-10-18(29-3)16(11-13)17-12-30-22(24-17)25-21(28)19-14(2)26-27(20(19)23)15-7-5-4-6-8-15/h4-12H,1-3H3,(H,24,25,28). The van der Waals surface area contributed by atoms with Crippen LogP contribution >= 0.6 is 22.9 Å². The van der Waals surface area contributed by atoms with Gasteiger partial charge in [-0.2, -0.15) is 5.10 Å². The Bertz CT molecular complexity index is 1220. The zero-order valence-electron chi connectivity index (χ0n) is 16.6. The van der Waals surface area contributed by atoms with Crippen LogP contribution in [0.4, 0.5) is 5.13 Å². The number of para-hydroxylation sites is 1. The summed E-state index contributed by atoms with van der Waals surface area (Å²) in [5.41, 5.74) is 4.36. The number of amides is 1. The number of carbonyl (C=O) groups excluding carboxylic acids is 1. The van der Waals surface area contributed by atoms with Gasteiger partial charge in [0, 0.05) is 10.9 Å². The van der Waals surface area contributed by atoms with Crippen molar-refractivity contribution in [3.63, 3.8) is 0 Å². The molecule has 0 spiro atoms. The Morgan fingerprint density at radius 1 is 1.17 bits per heavy atom. The smallest absolute Gasteiger partial charge is 0.262 e. The zero-order chi connectivity index (χ0) is 21.3. The van der Waals surface area contributed by atoms with E-state index in [9.17, 15) is 4.79 Å². The molecule has 4 rings (SSSR count). The Morgan fingerprint density at radius 3 is 2.67 bits per heavy atom. The number of rotatable bonds is 5. The Morgan fingerprint density at radius 2 is 1.93 bits per heavy atom. The quantitative estimate of drug-likeness (QED) is 0.445. The largest absolute Gasteiger partial charge is 0.496 e. The van der Waals surface area contributed by atoms with Crippen molar-refractivity contribution >= 4 is 34.0 Å². The van der Waals surface area contributed by atoms with Gasteiger partial charge < -0.3 is 4.74 Å². The second-order valence-corrected chi connectivity index (χ2v) is 7.91. The van der Waals surface area contributed by atoms with Gasteiger partial charge in [-0.3, -0.25) is 10.1 Å². The number of methoxy groups -OCH3 is 1. The van der Waals surface area contributed by atoms with Crippen molar-refractivity contribution < 1.29 is 9.53 Å². The van der Waals surface area contributed by atoms with E-state index < -0.39 is 0 Å². The minimum absolute atomic E-state index is 0.258. The molecule has 2 aromatic carbocycles. The fraction of sp³-hybridized carbons (Fsp3) is 0.136. The molecular weight excluding hydrogens is 420 g/mol. The highest BCUT2D eigenvalue weighted by molar-refractivity contribution is 7.14. The maximum absolute atomic E-state index is 12.9. The van der Waals surface area contributed by atoms with Crippen LogP contribution in [0.15, 0.2) is 53.9 Å². The third-order valence-corrected chi connectivity index (χ3v) is 5.69. The number of thiazole rings is 1. The summed E-state index contributed by atoms with van der Waals surface area (Å²) in [6.07, 6.45) is 0. The first kappa shape index (κ1) is 20.1. The molecule has 1 amide bonds. The van der Waals surface area contributed by atoms with Crippen LogP contribution in [-0.2, 0) is 0 Å². The summed E-state index contributed by atoms with van der Waals surface area (Å²) in [5.74, 6) is 0.378. The number of halogens is 1. The van der Waals surface area contributed by atoms with E-state index in [1.54, 1.807) is 18.7 Å². The number of carbonyl (C=O) groups is 1. The first-order valence-corrected chi connectivity index (χ1v) is 10.5. The molecule has 4 aromatic rings. The predicted molar refractivity (Wildman–Crippen MR) is 120 cm³/mol. The summed E-state index contributed by atoms with van der Waals surface area (Å²) in [5, 5.41) is 9.87. The van der Waals surface area contributed by atoms with Crippen LogP contribution in [0.5, 0.6) is 5.75 Å². The van der Waals surface area contributed by atoms with Crippen LogP contribution < -0.4 is 10.1 Å². The van der Waals surface area contributed by atoms with E-state index in [1.807, 2.05) is 60.8 Å². The van der Waals surface area contributed by atoms with E-state index in [0.29, 0.717) is 16.4 Å². The van der Waals surface area contributed by atoms with Crippen molar-refractivity contribution in [2.45, 2.75) is 13.8 Å². The van der Waals surface area contributed by atoms with Crippen molar-refractivity contribution in [1.29, 1.82) is 0 Å². The van der Waals surface area contributed by atoms with Gasteiger partial charge in [-0.25, -0.2) is 9.67 Å². The molecule has 0 bridgehead atoms. The van der Waals surface area contributed by atoms with Gasteiger partial charge >= 0.3 is 0 Å². The van der Waals surface area contributed by atoms with Crippen LogP contribution in [0.25, 0.3) is 16.9 Å². The first-order valence-electron chi connectivity index (χ1n) is 9.20. The maximum Gasteiger partial charge on any atom is 0.262 e. The third kappa shape index (κ3) is 3.81. The zero-order valence-corrected chi connectivity index (χ0v) is 18.2. The van der Waals surface area contributed by atoms with E-state index in [0.717, 1.165) is 28.3 Å². The summed E-state index contributed by atoms with van der Waals surface area (Å²) in [7, 11) is 1.62. The van der Waals surface area contributed by atoms with E-state index in [4.69, 9.17) is 16.3 Å². The number of hydrogen-bond acceptors (Lipinski definition) is 5. The highest BCUT2D eigenvalue weighted by Gasteiger charge is 2.22. The van der Waals surface area contributed by atoms with Crippen LogP contribution in [0.1, 0.15) is 21.6 Å². The second-order valence-electron chi connectivity index (χ2n) is 6.69. The third-order valence-electron chi connectivity index (χ3n) is 4.59. The Balaban J connectivity index is 1.61. The summed E-state index contributed by atoms with van der Waals surface area (Å²) < 4.78 is 6.99. The maximum atomic E-state index is 12.9. The molecule has 0 aliphatic heterocycles. The van der Waals surface area contributed by atoms with Gasteiger partial charge in [-0.05, 0) is 38.1 Å². The molecule has 0 radical (unpaired) electrons. The lowest BCUT2D eigenvalue weighted by molar-refractivity contribution is 0.102. The Kier molecular flexibility index (Phi) is 5.57. The average Bonchev–Trinajstić information content (AvgIpc) is 3.32. The predicted octanol–water partition coefficient (Wildman–Crippen LogP) is 5.53. The van der Waals surface area contributed by atoms with Crippen LogP contribution in [-0.4, -0.2) is 27.8 Å². The van der Waals surface area contributed by atoms with Gasteiger partial charge in [-0.15, -0.1) is 11.3 Å². The number of benzene rings is 2. The summed E-state index contributed by atoms with van der Waals surface area (Å²) in [4.78, 5) is 17.5. The molecule has 0 atom stereocenters. The molecule has 0 fully saturated rings. The van der Waals surface area contributed by atoms with Crippen LogP contribution in [0.2, 0.25) is 5.15 Å². The lowest BCUT2D eigenvalue weighted by Gasteiger charge is -2.07. The number of hydrogen-bond donors (Lipinski definition) is 1. The van der Waals surface area contributed by atoms with Gasteiger partial charge in [0.1, 0.15) is 16.5 Å². The number of aromatic nitrogens is 3. The normalized spacial score (nSPS) is 10.8. The number of aryl methyl sites for hydroxylation is 2. The van der Waals surface area contributed by atoms with Crippen LogP contribution in [0.3, 0.4) is 0 Å². The number of nitrogens with zero attached hydrogens (tertiary/aromatic N) is 3. The SMILES string of the molecule is COc1ccc(C)cc1-c1csc(NC(=O)c2c(C)nn(-c3ccccc3)c2Cl)n1. The molecule has 2 heterocycles. The topological polar surface area (TPSA) is 69.0 Å². The summed E-state index contributed by atoms with van der Waals surface area (Å²) >= 11 is 7.83. The fourth-order valence-corrected chi connectivity index (χ4v) is 4.20. The summed E-state index contributed by atoms with van der Waals surface area (Å²) in [6, 6.07) is 15.3. The lowest BCUT2D eigenvalue weighted by atomic mass is 10.1. The van der Waals surface area contributed by atoms with Crippen molar-refractivity contribution in [2.24, 2.45) is 0 Å². The van der Waals surface area contributed by atoms with Gasteiger partial charge in [0.25, 0.3) is 5.91 Å². The molecule has 2 aromatic heterocycles. The molecule has 1 N–H and O–H groups in total. The molecule has 0 unspecified atom stereocenters. The Hall–Kier alpha value is -3.16. The molecule has 152 valence electrons. The van der Waals surface area contributed by atoms with E-state index >= 15 is 0 Å². The molecule has 8 heteroatoms. The molecular formula is C22H19ClN4O2S. The minimum Gasteiger partial charge on any atom is -0.496 e. The van der Waals surface area contributed by atoms with E-state index in [-0.39, 0.29) is 11.1 Å². The first-order chi connectivity index (χ1) is 14.5. The highest BCUT2D eigenvalue weighted by Crippen LogP contribution is 2.33. The highest BCUT2D eigenvalue weighted by atomic mass is 35.5. The monoisotopic (exact) mass is 438 g/mol. The molecule has 30 heavy (non-hydrogen) atoms. The Labute approximate surface area is 183 Å². The lowest BCUT2D eigenvalue weighted by Crippen LogP contribution is -2.13. The van der Waals surface area contributed by atoms with Crippen molar-refractivity contribution in [3.05, 3.63) is 75.9 Å². The van der Waals surface area contributed by atoms with E-state index in [2.05, 4.69) is 15.4 Å².